The largest absolute Gasteiger partial charge is 0.451 e. The Kier molecular flexibility index (Phi) is 3.18. The minimum absolute atomic E-state index is 0.220. The second kappa shape index (κ2) is 4.53. The van der Waals surface area contributed by atoms with Crippen molar-refractivity contribution in [2.45, 2.75) is 20.0 Å². The number of halogens is 3. The Morgan fingerprint density at radius 1 is 1.05 bits per heavy atom. The number of aromatic nitrogens is 2. The van der Waals surface area contributed by atoms with Crippen LogP contribution in [0.15, 0.2) is 24.3 Å². The van der Waals surface area contributed by atoms with E-state index in [0.29, 0.717) is 22.5 Å². The molecule has 6 heteroatoms. The number of nitrogen functional groups attached to an aromatic ring is 1. The molecule has 3 nitrogen and oxygen atoms in total. The Morgan fingerprint density at radius 2 is 1.68 bits per heavy atom. The maximum atomic E-state index is 12.7. The fourth-order valence-electron chi connectivity index (χ4n) is 1.73. The lowest BCUT2D eigenvalue weighted by atomic mass is 10.0. The number of hydrogen-bond donors (Lipinski definition) is 1. The van der Waals surface area contributed by atoms with Gasteiger partial charge in [-0.3, -0.25) is 0 Å². The summed E-state index contributed by atoms with van der Waals surface area (Å²) in [6.07, 6.45) is -4.57. The first-order chi connectivity index (χ1) is 8.80. The molecule has 0 aliphatic carbocycles. The summed E-state index contributed by atoms with van der Waals surface area (Å²) in [4.78, 5) is 7.10. The molecule has 0 aliphatic rings. The number of nitrogens with zero attached hydrogens (tertiary/aromatic N) is 2. The van der Waals surface area contributed by atoms with E-state index in [0.717, 1.165) is 0 Å². The van der Waals surface area contributed by atoms with Crippen LogP contribution in [0.4, 0.5) is 18.9 Å². The van der Waals surface area contributed by atoms with Crippen molar-refractivity contribution in [2.24, 2.45) is 0 Å². The minimum Gasteiger partial charge on any atom is -0.398 e. The molecule has 2 rings (SSSR count). The Hall–Kier alpha value is -2.11. The van der Waals surface area contributed by atoms with Crippen LogP contribution in [0.25, 0.3) is 11.3 Å². The molecule has 0 bridgehead atoms. The van der Waals surface area contributed by atoms with Crippen molar-refractivity contribution in [3.63, 3.8) is 0 Å². The molecule has 1 heterocycles. The third-order valence-electron chi connectivity index (χ3n) is 2.86. The summed E-state index contributed by atoms with van der Waals surface area (Å²) in [5.74, 6) is -1.14. The third-order valence-corrected chi connectivity index (χ3v) is 2.86. The molecule has 100 valence electrons. The van der Waals surface area contributed by atoms with E-state index in [9.17, 15) is 13.2 Å². The summed E-state index contributed by atoms with van der Waals surface area (Å²) in [5, 5.41) is 0. The van der Waals surface area contributed by atoms with Gasteiger partial charge in [0.2, 0.25) is 5.82 Å². The minimum atomic E-state index is -4.57. The topological polar surface area (TPSA) is 51.8 Å². The highest BCUT2D eigenvalue weighted by Crippen LogP contribution is 2.32. The van der Waals surface area contributed by atoms with Crippen LogP contribution in [0.2, 0.25) is 0 Å². The summed E-state index contributed by atoms with van der Waals surface area (Å²) in [6, 6.07) is 6.69. The Morgan fingerprint density at radius 3 is 2.26 bits per heavy atom. The lowest BCUT2D eigenvalue weighted by molar-refractivity contribution is -0.145. The van der Waals surface area contributed by atoms with Crippen molar-refractivity contribution >= 4 is 5.69 Å². The van der Waals surface area contributed by atoms with Gasteiger partial charge in [-0.2, -0.15) is 13.2 Å². The van der Waals surface area contributed by atoms with Gasteiger partial charge in [0, 0.05) is 16.9 Å². The van der Waals surface area contributed by atoms with Crippen LogP contribution in [0.1, 0.15) is 17.1 Å². The molecule has 1 aromatic heterocycles. The van der Waals surface area contributed by atoms with Crippen LogP contribution in [0.5, 0.6) is 0 Å². The maximum Gasteiger partial charge on any atom is 0.451 e. The third kappa shape index (κ3) is 2.52. The van der Waals surface area contributed by atoms with Crippen molar-refractivity contribution in [1.29, 1.82) is 0 Å². The fraction of sp³-hybridized carbons (Fsp3) is 0.231. The average Bonchev–Trinajstić information content (AvgIpc) is 2.32. The van der Waals surface area contributed by atoms with Gasteiger partial charge in [0.25, 0.3) is 0 Å². The Balaban J connectivity index is 2.70. The number of nitrogens with two attached hydrogens (primary N) is 1. The molecular weight excluding hydrogens is 255 g/mol. The van der Waals surface area contributed by atoms with Gasteiger partial charge in [-0.1, -0.05) is 18.2 Å². The highest BCUT2D eigenvalue weighted by atomic mass is 19.4. The summed E-state index contributed by atoms with van der Waals surface area (Å²) in [7, 11) is 0. The predicted molar refractivity (Wildman–Crippen MR) is 66.4 cm³/mol. The molecule has 0 aliphatic heterocycles. The smallest absolute Gasteiger partial charge is 0.398 e. The summed E-state index contributed by atoms with van der Waals surface area (Å²) >= 11 is 0. The van der Waals surface area contributed by atoms with Gasteiger partial charge in [-0.05, 0) is 25.5 Å². The van der Waals surface area contributed by atoms with Gasteiger partial charge in [0.05, 0.1) is 5.69 Å². The molecule has 0 unspecified atom stereocenters. The lowest BCUT2D eigenvalue weighted by Gasteiger charge is -2.13. The van der Waals surface area contributed by atoms with E-state index in [1.807, 2.05) is 0 Å². The molecule has 0 amide bonds. The number of hydrogen-bond acceptors (Lipinski definition) is 3. The first-order valence-corrected chi connectivity index (χ1v) is 5.58. The number of aryl methyl sites for hydroxylation is 1. The molecule has 2 aromatic rings. The Labute approximate surface area is 108 Å². The molecule has 0 saturated carbocycles. The zero-order valence-corrected chi connectivity index (χ0v) is 10.4. The fourth-order valence-corrected chi connectivity index (χ4v) is 1.73. The number of alkyl halides is 3. The van der Waals surface area contributed by atoms with Gasteiger partial charge in [0.15, 0.2) is 0 Å². The highest BCUT2D eigenvalue weighted by molar-refractivity contribution is 5.75. The van der Waals surface area contributed by atoms with E-state index < -0.39 is 12.0 Å². The van der Waals surface area contributed by atoms with Crippen LogP contribution in [-0.2, 0) is 6.18 Å². The molecule has 0 radical (unpaired) electrons. The van der Waals surface area contributed by atoms with Crippen LogP contribution in [-0.4, -0.2) is 9.97 Å². The van der Waals surface area contributed by atoms with Crippen LogP contribution in [0.3, 0.4) is 0 Å². The van der Waals surface area contributed by atoms with E-state index in [4.69, 9.17) is 5.73 Å². The zero-order valence-electron chi connectivity index (χ0n) is 10.4. The SMILES string of the molecule is Cc1nc(C(F)(F)F)nc(-c2ccccc2N)c1C. The van der Waals surface area contributed by atoms with E-state index in [1.54, 1.807) is 31.2 Å². The molecular formula is C13H12F3N3. The molecule has 2 N–H and O–H groups in total. The van der Waals surface area contributed by atoms with Crippen LogP contribution >= 0.6 is 0 Å². The first-order valence-electron chi connectivity index (χ1n) is 5.58. The number of para-hydroxylation sites is 1. The van der Waals surface area contributed by atoms with Crippen LogP contribution < -0.4 is 5.73 Å². The van der Waals surface area contributed by atoms with E-state index in [2.05, 4.69) is 9.97 Å². The quantitative estimate of drug-likeness (QED) is 0.806. The second-order valence-electron chi connectivity index (χ2n) is 4.19. The molecule has 0 saturated heterocycles. The predicted octanol–water partition coefficient (Wildman–Crippen LogP) is 3.36. The zero-order chi connectivity index (χ0) is 14.2. The molecule has 19 heavy (non-hydrogen) atoms. The van der Waals surface area contributed by atoms with Gasteiger partial charge in [0.1, 0.15) is 0 Å². The second-order valence-corrected chi connectivity index (χ2v) is 4.19. The first kappa shape index (κ1) is 13.3. The van der Waals surface area contributed by atoms with Crippen molar-refractivity contribution in [3.05, 3.63) is 41.3 Å². The van der Waals surface area contributed by atoms with Gasteiger partial charge in [-0.25, -0.2) is 9.97 Å². The molecule has 1 aromatic carbocycles. The standard InChI is InChI=1S/C13H12F3N3/c1-7-8(2)18-12(13(14,15)16)19-11(7)9-5-3-4-6-10(9)17/h3-6H,17H2,1-2H3. The summed E-state index contributed by atoms with van der Waals surface area (Å²) < 4.78 is 38.2. The van der Waals surface area contributed by atoms with Crippen LogP contribution in [0, 0.1) is 13.8 Å². The maximum absolute atomic E-state index is 12.7. The number of rotatable bonds is 1. The highest BCUT2D eigenvalue weighted by Gasteiger charge is 2.35. The number of anilines is 1. The van der Waals surface area contributed by atoms with Gasteiger partial charge in [-0.15, -0.1) is 0 Å². The molecule has 0 atom stereocenters. The monoisotopic (exact) mass is 267 g/mol. The molecule has 0 spiro atoms. The van der Waals surface area contributed by atoms with Crippen molar-refractivity contribution in [1.82, 2.24) is 9.97 Å². The lowest BCUT2D eigenvalue weighted by Crippen LogP contribution is -2.14. The number of benzene rings is 1. The van der Waals surface area contributed by atoms with Crippen molar-refractivity contribution in [2.75, 3.05) is 5.73 Å². The van der Waals surface area contributed by atoms with E-state index >= 15 is 0 Å². The van der Waals surface area contributed by atoms with E-state index in [-0.39, 0.29) is 5.69 Å². The van der Waals surface area contributed by atoms with Gasteiger partial charge < -0.3 is 5.73 Å². The normalized spacial score (nSPS) is 11.6. The van der Waals surface area contributed by atoms with Crippen molar-refractivity contribution in [3.8, 4) is 11.3 Å². The molecule has 0 fully saturated rings. The summed E-state index contributed by atoms with van der Waals surface area (Å²) in [6.45, 7) is 3.20. The van der Waals surface area contributed by atoms with Gasteiger partial charge >= 0.3 is 6.18 Å². The van der Waals surface area contributed by atoms with E-state index in [1.165, 1.54) is 6.92 Å². The average molecular weight is 267 g/mol. The summed E-state index contributed by atoms with van der Waals surface area (Å²) in [5.41, 5.74) is 7.76. The van der Waals surface area contributed by atoms with Crippen molar-refractivity contribution < 1.29 is 13.2 Å². The Bertz CT molecular complexity index is 621.